The highest BCUT2D eigenvalue weighted by atomic mass is 79.9. The number of nitrogens with one attached hydrogen (secondary N) is 2. The Bertz CT molecular complexity index is 851. The van der Waals surface area contributed by atoms with E-state index in [1.807, 2.05) is 43.3 Å². The first-order valence-electron chi connectivity index (χ1n) is 9.24. The van der Waals surface area contributed by atoms with Crippen molar-refractivity contribution >= 4 is 33.4 Å². The van der Waals surface area contributed by atoms with E-state index in [0.29, 0.717) is 11.3 Å². The maximum Gasteiger partial charge on any atom is 0.251 e. The number of benzene rings is 2. The van der Waals surface area contributed by atoms with Crippen molar-refractivity contribution in [3.05, 3.63) is 63.6 Å². The van der Waals surface area contributed by atoms with Gasteiger partial charge >= 0.3 is 0 Å². The first kappa shape index (κ1) is 20.5. The molecule has 0 aliphatic carbocycles. The van der Waals surface area contributed by atoms with E-state index in [1.165, 1.54) is 0 Å². The Morgan fingerprint density at radius 2 is 1.93 bits per heavy atom. The Morgan fingerprint density at radius 1 is 1.14 bits per heavy atom. The zero-order valence-corrected chi connectivity index (χ0v) is 17.4. The van der Waals surface area contributed by atoms with Crippen LogP contribution in [-0.2, 0) is 16.1 Å². The predicted octanol–water partition coefficient (Wildman–Crippen LogP) is 2.96. The number of aryl methyl sites for hydroxylation is 1. The Balaban J connectivity index is 1.51. The third-order valence-electron chi connectivity index (χ3n) is 4.55. The average molecular weight is 446 g/mol. The van der Waals surface area contributed by atoms with E-state index in [9.17, 15) is 9.59 Å². The highest BCUT2D eigenvalue weighted by Gasteiger charge is 2.13. The maximum absolute atomic E-state index is 12.4. The molecular weight excluding hydrogens is 422 g/mol. The molecule has 0 saturated carbocycles. The Kier molecular flexibility index (Phi) is 7.19. The van der Waals surface area contributed by atoms with E-state index in [-0.39, 0.29) is 18.4 Å². The Morgan fingerprint density at radius 3 is 2.68 bits per heavy atom. The first-order chi connectivity index (χ1) is 13.5. The van der Waals surface area contributed by atoms with Crippen LogP contribution >= 0.6 is 15.9 Å². The molecule has 2 aromatic rings. The van der Waals surface area contributed by atoms with Gasteiger partial charge in [-0.25, -0.2) is 0 Å². The van der Waals surface area contributed by atoms with Crippen LogP contribution in [0.25, 0.3) is 0 Å². The summed E-state index contributed by atoms with van der Waals surface area (Å²) in [5, 5.41) is 5.47. The normalized spacial score (nSPS) is 14.5. The third kappa shape index (κ3) is 5.89. The molecule has 6 nitrogen and oxygen atoms in total. The minimum absolute atomic E-state index is 0.0817. The molecule has 1 saturated heterocycles. The minimum Gasteiger partial charge on any atom is -0.379 e. The molecule has 1 aliphatic rings. The second-order valence-corrected chi connectivity index (χ2v) is 7.64. The number of ether oxygens (including phenoxy) is 1. The van der Waals surface area contributed by atoms with Crippen LogP contribution in [0.1, 0.15) is 21.5 Å². The number of hydrogen-bond acceptors (Lipinski definition) is 4. The predicted molar refractivity (Wildman–Crippen MR) is 112 cm³/mol. The first-order valence-corrected chi connectivity index (χ1v) is 10.0. The van der Waals surface area contributed by atoms with Crippen LogP contribution in [0.5, 0.6) is 0 Å². The smallest absolute Gasteiger partial charge is 0.251 e. The average Bonchev–Trinajstić information content (AvgIpc) is 2.70. The van der Waals surface area contributed by atoms with E-state index in [2.05, 4.69) is 31.5 Å². The summed E-state index contributed by atoms with van der Waals surface area (Å²) < 4.78 is 6.34. The molecule has 0 atom stereocenters. The van der Waals surface area contributed by atoms with Crippen LogP contribution in [0, 0.1) is 6.92 Å². The van der Waals surface area contributed by atoms with Gasteiger partial charge in [0.2, 0.25) is 5.91 Å². The molecule has 148 valence electrons. The molecular formula is C21H24BrN3O3. The molecule has 0 spiro atoms. The quantitative estimate of drug-likeness (QED) is 0.716. The molecule has 0 bridgehead atoms. The third-order valence-corrected chi connectivity index (χ3v) is 5.44. The topological polar surface area (TPSA) is 70.7 Å². The van der Waals surface area contributed by atoms with Gasteiger partial charge in [0.15, 0.2) is 0 Å². The standard InChI is InChI=1S/C21H24BrN3O3/c1-15-11-18(5-6-19(15)22)24-20(26)13-23-21(27)17-4-2-3-16(12-17)14-25-7-9-28-10-8-25/h2-6,11-12H,7-10,13-14H2,1H3,(H,23,27)(H,24,26). The minimum atomic E-state index is -0.264. The van der Waals surface area contributed by atoms with Crippen molar-refractivity contribution < 1.29 is 14.3 Å². The van der Waals surface area contributed by atoms with Gasteiger partial charge in [-0.1, -0.05) is 28.1 Å². The summed E-state index contributed by atoms with van der Waals surface area (Å²) in [7, 11) is 0. The van der Waals surface area contributed by atoms with Crippen molar-refractivity contribution in [1.29, 1.82) is 0 Å². The van der Waals surface area contributed by atoms with Gasteiger partial charge in [0.1, 0.15) is 0 Å². The molecule has 28 heavy (non-hydrogen) atoms. The Hall–Kier alpha value is -2.22. The largest absolute Gasteiger partial charge is 0.379 e. The molecule has 2 aromatic carbocycles. The molecule has 2 amide bonds. The lowest BCUT2D eigenvalue weighted by atomic mass is 10.1. The van der Waals surface area contributed by atoms with Crippen LogP contribution in [0.15, 0.2) is 46.9 Å². The van der Waals surface area contributed by atoms with E-state index in [1.54, 1.807) is 6.07 Å². The second-order valence-electron chi connectivity index (χ2n) is 6.78. The zero-order chi connectivity index (χ0) is 19.9. The summed E-state index contributed by atoms with van der Waals surface area (Å²) in [5.74, 6) is -0.523. The molecule has 0 radical (unpaired) electrons. The number of carbonyl (C=O) groups is 2. The number of anilines is 1. The van der Waals surface area contributed by atoms with Crippen molar-refractivity contribution in [1.82, 2.24) is 10.2 Å². The molecule has 1 aliphatic heterocycles. The number of amides is 2. The lowest BCUT2D eigenvalue weighted by molar-refractivity contribution is -0.115. The number of halogens is 1. The number of hydrogen-bond donors (Lipinski definition) is 2. The summed E-state index contributed by atoms with van der Waals surface area (Å²) >= 11 is 3.43. The van der Waals surface area contributed by atoms with Crippen LogP contribution in [0.2, 0.25) is 0 Å². The zero-order valence-electron chi connectivity index (χ0n) is 15.8. The number of carbonyl (C=O) groups excluding carboxylic acids is 2. The van der Waals surface area contributed by atoms with Crippen molar-refractivity contribution in [2.75, 3.05) is 38.2 Å². The fourth-order valence-electron chi connectivity index (χ4n) is 3.02. The summed E-state index contributed by atoms with van der Waals surface area (Å²) in [6, 6.07) is 13.1. The maximum atomic E-state index is 12.4. The summed E-state index contributed by atoms with van der Waals surface area (Å²) in [4.78, 5) is 26.8. The number of morpholine rings is 1. The van der Waals surface area contributed by atoms with Crippen molar-refractivity contribution in [3.63, 3.8) is 0 Å². The number of rotatable bonds is 6. The highest BCUT2D eigenvalue weighted by molar-refractivity contribution is 9.10. The van der Waals surface area contributed by atoms with Crippen LogP contribution < -0.4 is 10.6 Å². The van der Waals surface area contributed by atoms with Gasteiger partial charge in [-0.3, -0.25) is 14.5 Å². The van der Waals surface area contributed by atoms with Gasteiger partial charge in [-0.2, -0.15) is 0 Å². The lowest BCUT2D eigenvalue weighted by Gasteiger charge is -2.26. The van der Waals surface area contributed by atoms with Gasteiger partial charge in [0.25, 0.3) is 5.91 Å². The second kappa shape index (κ2) is 9.82. The molecule has 1 fully saturated rings. The van der Waals surface area contributed by atoms with Gasteiger partial charge in [-0.15, -0.1) is 0 Å². The molecule has 3 rings (SSSR count). The Labute approximate surface area is 173 Å². The van der Waals surface area contributed by atoms with Crippen LogP contribution in [0.4, 0.5) is 5.69 Å². The number of nitrogens with zero attached hydrogens (tertiary/aromatic N) is 1. The van der Waals surface area contributed by atoms with E-state index in [0.717, 1.165) is 48.4 Å². The molecule has 0 aromatic heterocycles. The fourth-order valence-corrected chi connectivity index (χ4v) is 3.27. The van der Waals surface area contributed by atoms with Crippen LogP contribution in [-0.4, -0.2) is 49.6 Å². The van der Waals surface area contributed by atoms with E-state index in [4.69, 9.17) is 4.74 Å². The van der Waals surface area contributed by atoms with Gasteiger partial charge < -0.3 is 15.4 Å². The van der Waals surface area contributed by atoms with Crippen molar-refractivity contribution in [2.45, 2.75) is 13.5 Å². The van der Waals surface area contributed by atoms with Crippen LogP contribution in [0.3, 0.4) is 0 Å². The van der Waals surface area contributed by atoms with Gasteiger partial charge in [-0.05, 0) is 48.4 Å². The van der Waals surface area contributed by atoms with Gasteiger partial charge in [0.05, 0.1) is 19.8 Å². The highest BCUT2D eigenvalue weighted by Crippen LogP contribution is 2.19. The van der Waals surface area contributed by atoms with Gasteiger partial charge in [0, 0.05) is 35.4 Å². The SMILES string of the molecule is Cc1cc(NC(=O)CNC(=O)c2cccc(CN3CCOCC3)c2)ccc1Br. The summed E-state index contributed by atoms with van der Waals surface area (Å²) in [6.07, 6.45) is 0. The summed E-state index contributed by atoms with van der Waals surface area (Å²) in [6.45, 7) is 5.93. The lowest BCUT2D eigenvalue weighted by Crippen LogP contribution is -2.35. The van der Waals surface area contributed by atoms with Crippen molar-refractivity contribution in [2.24, 2.45) is 0 Å². The summed E-state index contributed by atoms with van der Waals surface area (Å²) in [5.41, 5.74) is 3.36. The van der Waals surface area contributed by atoms with E-state index >= 15 is 0 Å². The van der Waals surface area contributed by atoms with E-state index < -0.39 is 0 Å². The molecule has 7 heteroatoms. The van der Waals surface area contributed by atoms with Crippen molar-refractivity contribution in [3.8, 4) is 0 Å². The molecule has 1 heterocycles. The molecule has 2 N–H and O–H groups in total. The monoisotopic (exact) mass is 445 g/mol. The molecule has 0 unspecified atom stereocenters. The fraction of sp³-hybridized carbons (Fsp3) is 0.333.